The second kappa shape index (κ2) is 6.09. The first-order valence-electron chi connectivity index (χ1n) is 6.20. The van der Waals surface area contributed by atoms with E-state index in [4.69, 9.17) is 0 Å². The van der Waals surface area contributed by atoms with Crippen LogP contribution in [0.4, 0.5) is 8.78 Å². The minimum absolute atomic E-state index is 0.0349. The summed E-state index contributed by atoms with van der Waals surface area (Å²) in [6, 6.07) is 4.59. The van der Waals surface area contributed by atoms with Crippen LogP contribution in [0.3, 0.4) is 0 Å². The maximum Gasteiger partial charge on any atom is 0.264 e. The molecule has 1 rings (SSSR count). The molecule has 0 aliphatic heterocycles. The zero-order valence-electron chi connectivity index (χ0n) is 12.0. The van der Waals surface area contributed by atoms with E-state index in [1.165, 1.54) is 6.07 Å². The van der Waals surface area contributed by atoms with Gasteiger partial charge >= 0.3 is 0 Å². The molecule has 0 radical (unpaired) electrons. The molecular formula is C14H21F2NOS. The van der Waals surface area contributed by atoms with Crippen LogP contribution in [0.5, 0.6) is 0 Å². The van der Waals surface area contributed by atoms with E-state index < -0.39 is 17.4 Å². The average Bonchev–Trinajstić information content (AvgIpc) is 2.27. The molecule has 0 aromatic heterocycles. The molecule has 19 heavy (non-hydrogen) atoms. The van der Waals surface area contributed by atoms with Gasteiger partial charge in [0.1, 0.15) is 0 Å². The van der Waals surface area contributed by atoms with Crippen molar-refractivity contribution in [2.24, 2.45) is 0 Å². The maximum atomic E-state index is 12.8. The Balaban J connectivity index is 2.98. The molecule has 1 unspecified atom stereocenters. The second-order valence-corrected chi connectivity index (χ2v) is 7.58. The maximum absolute atomic E-state index is 12.8. The summed E-state index contributed by atoms with van der Waals surface area (Å²) < 4.78 is 40.3. The summed E-state index contributed by atoms with van der Waals surface area (Å²) in [6.07, 6.45) is -2.49. The third-order valence-corrected chi connectivity index (χ3v) is 4.64. The SMILES string of the molecule is Cc1c(C(F)F)cccc1[C@@H](C)NS(=O)C(C)(C)C. The van der Waals surface area contributed by atoms with Crippen molar-refractivity contribution in [2.75, 3.05) is 0 Å². The third kappa shape index (κ3) is 4.08. The van der Waals surface area contributed by atoms with E-state index in [0.29, 0.717) is 5.56 Å². The third-order valence-electron chi connectivity index (χ3n) is 2.96. The highest BCUT2D eigenvalue weighted by Gasteiger charge is 2.23. The molecule has 0 saturated carbocycles. The van der Waals surface area contributed by atoms with Crippen molar-refractivity contribution < 1.29 is 13.0 Å². The van der Waals surface area contributed by atoms with Crippen LogP contribution in [-0.2, 0) is 11.0 Å². The quantitative estimate of drug-likeness (QED) is 0.890. The summed E-state index contributed by atoms with van der Waals surface area (Å²) in [5.74, 6) is 0. The molecule has 1 N–H and O–H groups in total. The fourth-order valence-corrected chi connectivity index (χ4v) is 2.58. The highest BCUT2D eigenvalue weighted by atomic mass is 32.2. The molecule has 0 aliphatic rings. The average molecular weight is 289 g/mol. The van der Waals surface area contributed by atoms with Gasteiger partial charge in [-0.05, 0) is 45.7 Å². The highest BCUT2D eigenvalue weighted by molar-refractivity contribution is 7.84. The van der Waals surface area contributed by atoms with E-state index in [0.717, 1.165) is 5.56 Å². The number of alkyl halides is 2. The number of hydrogen-bond acceptors (Lipinski definition) is 1. The molecule has 0 fully saturated rings. The van der Waals surface area contributed by atoms with E-state index in [9.17, 15) is 13.0 Å². The van der Waals surface area contributed by atoms with Crippen molar-refractivity contribution in [3.63, 3.8) is 0 Å². The summed E-state index contributed by atoms with van der Waals surface area (Å²) in [6.45, 7) is 9.11. The Kier molecular flexibility index (Phi) is 5.21. The fourth-order valence-electron chi connectivity index (χ4n) is 1.78. The predicted molar refractivity (Wildman–Crippen MR) is 75.6 cm³/mol. The van der Waals surface area contributed by atoms with Gasteiger partial charge in [0, 0.05) is 11.6 Å². The van der Waals surface area contributed by atoms with E-state index in [1.807, 2.05) is 27.7 Å². The van der Waals surface area contributed by atoms with E-state index in [1.54, 1.807) is 19.1 Å². The normalized spacial score (nSPS) is 15.6. The van der Waals surface area contributed by atoms with Crippen LogP contribution in [0.25, 0.3) is 0 Å². The van der Waals surface area contributed by atoms with Crippen molar-refractivity contribution in [1.29, 1.82) is 0 Å². The Bertz CT molecular complexity index is 469. The molecule has 1 aromatic rings. The van der Waals surface area contributed by atoms with Gasteiger partial charge in [-0.2, -0.15) is 0 Å². The molecule has 2 atom stereocenters. The van der Waals surface area contributed by atoms with Crippen LogP contribution in [0, 0.1) is 6.92 Å². The number of rotatable bonds is 4. The molecule has 0 aliphatic carbocycles. The Morgan fingerprint density at radius 1 is 1.21 bits per heavy atom. The first kappa shape index (κ1) is 16.2. The zero-order valence-corrected chi connectivity index (χ0v) is 12.8. The van der Waals surface area contributed by atoms with Crippen LogP contribution >= 0.6 is 0 Å². The summed E-state index contributed by atoms with van der Waals surface area (Å²) in [5, 5.41) is 0. The molecule has 108 valence electrons. The lowest BCUT2D eigenvalue weighted by Crippen LogP contribution is -2.35. The number of benzene rings is 1. The largest absolute Gasteiger partial charge is 0.264 e. The first-order valence-corrected chi connectivity index (χ1v) is 7.35. The van der Waals surface area contributed by atoms with Crippen molar-refractivity contribution in [1.82, 2.24) is 4.72 Å². The lowest BCUT2D eigenvalue weighted by Gasteiger charge is -2.23. The van der Waals surface area contributed by atoms with Crippen molar-refractivity contribution in [3.8, 4) is 0 Å². The van der Waals surface area contributed by atoms with Crippen LogP contribution in [0.2, 0.25) is 0 Å². The lowest BCUT2D eigenvalue weighted by molar-refractivity contribution is 0.150. The van der Waals surface area contributed by atoms with Gasteiger partial charge in [-0.1, -0.05) is 18.2 Å². The summed E-state index contributed by atoms with van der Waals surface area (Å²) in [5.41, 5.74) is 1.35. The Hall–Kier alpha value is -0.810. The number of nitrogens with one attached hydrogen (secondary N) is 1. The zero-order chi connectivity index (χ0) is 14.8. The van der Waals surface area contributed by atoms with Gasteiger partial charge in [0.15, 0.2) is 0 Å². The van der Waals surface area contributed by atoms with Crippen molar-refractivity contribution in [2.45, 2.75) is 51.8 Å². The highest BCUT2D eigenvalue weighted by Crippen LogP contribution is 2.28. The molecule has 0 heterocycles. The molecule has 0 saturated heterocycles. The van der Waals surface area contributed by atoms with Crippen LogP contribution < -0.4 is 4.72 Å². The Morgan fingerprint density at radius 2 is 1.74 bits per heavy atom. The minimum Gasteiger partial charge on any atom is -0.242 e. The van der Waals surface area contributed by atoms with Gasteiger partial charge < -0.3 is 0 Å². The van der Waals surface area contributed by atoms with Gasteiger partial charge in [0.05, 0.1) is 15.7 Å². The van der Waals surface area contributed by atoms with E-state index >= 15 is 0 Å². The molecule has 5 heteroatoms. The molecule has 0 spiro atoms. The van der Waals surface area contributed by atoms with Crippen molar-refractivity contribution >= 4 is 11.0 Å². The van der Waals surface area contributed by atoms with Gasteiger partial charge in [-0.25, -0.2) is 17.7 Å². The minimum atomic E-state index is -2.49. The summed E-state index contributed by atoms with van der Waals surface area (Å²) >= 11 is 0. The van der Waals surface area contributed by atoms with Crippen LogP contribution in [-0.4, -0.2) is 8.96 Å². The van der Waals surface area contributed by atoms with Crippen molar-refractivity contribution in [3.05, 3.63) is 34.9 Å². The molecule has 0 bridgehead atoms. The second-order valence-electron chi connectivity index (χ2n) is 5.58. The molecule has 0 amide bonds. The standard InChI is InChI=1S/C14H21F2NOS/c1-9-11(7-6-8-12(9)13(15)16)10(2)17-19(18)14(3,4)5/h6-8,10,13,17H,1-5H3/t10-,19?/m1/s1. The van der Waals surface area contributed by atoms with Gasteiger partial charge in [-0.15, -0.1) is 0 Å². The lowest BCUT2D eigenvalue weighted by atomic mass is 9.98. The van der Waals surface area contributed by atoms with Crippen LogP contribution in [0.15, 0.2) is 18.2 Å². The van der Waals surface area contributed by atoms with E-state index in [-0.39, 0.29) is 16.4 Å². The predicted octanol–water partition coefficient (Wildman–Crippen LogP) is 4.05. The topological polar surface area (TPSA) is 29.1 Å². The van der Waals surface area contributed by atoms with Gasteiger partial charge in [0.2, 0.25) is 0 Å². The molecular weight excluding hydrogens is 268 g/mol. The fraction of sp³-hybridized carbons (Fsp3) is 0.571. The molecule has 2 nitrogen and oxygen atoms in total. The smallest absolute Gasteiger partial charge is 0.242 e. The Morgan fingerprint density at radius 3 is 2.21 bits per heavy atom. The Labute approximate surface area is 116 Å². The summed E-state index contributed by atoms with van der Waals surface area (Å²) in [4.78, 5) is 0. The van der Waals surface area contributed by atoms with Crippen LogP contribution in [0.1, 0.15) is 56.9 Å². The number of halogens is 2. The van der Waals surface area contributed by atoms with Gasteiger partial charge in [0.25, 0.3) is 6.43 Å². The first-order chi connectivity index (χ1) is 8.64. The van der Waals surface area contributed by atoms with E-state index in [2.05, 4.69) is 4.72 Å². The molecule has 1 aromatic carbocycles. The van der Waals surface area contributed by atoms with Gasteiger partial charge in [-0.3, -0.25) is 0 Å². The monoisotopic (exact) mass is 289 g/mol. The number of hydrogen-bond donors (Lipinski definition) is 1. The summed E-state index contributed by atoms with van der Waals surface area (Å²) in [7, 11) is -1.23.